The van der Waals surface area contributed by atoms with Crippen molar-refractivity contribution in [2.24, 2.45) is 0 Å². The molecular weight excluding hydrogens is 168 g/mol. The first-order chi connectivity index (χ1) is 5.83. The number of aliphatic hydroxyl groups is 1. The molecule has 13 heavy (non-hydrogen) atoms. The van der Waals surface area contributed by atoms with Crippen molar-refractivity contribution in [3.05, 3.63) is 0 Å². The van der Waals surface area contributed by atoms with Gasteiger partial charge in [-0.3, -0.25) is 4.79 Å². The monoisotopic (exact) mass is 188 g/mol. The van der Waals surface area contributed by atoms with Crippen molar-refractivity contribution >= 4 is 5.91 Å². The molecule has 0 atom stereocenters. The Labute approximate surface area is 79.9 Å². The molecule has 0 fully saturated rings. The number of hydrogen-bond donors (Lipinski definition) is 2. The van der Waals surface area contributed by atoms with Crippen LogP contribution in [0.25, 0.3) is 0 Å². The Bertz CT molecular complexity index is 161. The van der Waals surface area contributed by atoms with Gasteiger partial charge in [-0.1, -0.05) is 0 Å². The molecule has 0 aromatic carbocycles. The van der Waals surface area contributed by atoms with Crippen LogP contribution in [-0.2, 0) is 4.79 Å². The highest BCUT2D eigenvalue weighted by Crippen LogP contribution is 1.97. The minimum absolute atomic E-state index is 0.100. The fourth-order valence-corrected chi connectivity index (χ4v) is 0.813. The fourth-order valence-electron chi connectivity index (χ4n) is 0.813. The van der Waals surface area contributed by atoms with Gasteiger partial charge in [0.05, 0.1) is 5.60 Å². The second kappa shape index (κ2) is 5.19. The standard InChI is InChI=1S/C9H20N2O2/c1-9(2,13)7-10-6-5-8(12)11(3)4/h10,13H,5-7H2,1-4H3. The summed E-state index contributed by atoms with van der Waals surface area (Å²) in [5.41, 5.74) is -0.707. The average Bonchev–Trinajstić information content (AvgIpc) is 1.95. The quantitative estimate of drug-likeness (QED) is 0.589. The summed E-state index contributed by atoms with van der Waals surface area (Å²) in [7, 11) is 3.47. The zero-order valence-corrected chi connectivity index (χ0v) is 8.92. The van der Waals surface area contributed by atoms with Crippen molar-refractivity contribution in [1.29, 1.82) is 0 Å². The lowest BCUT2D eigenvalue weighted by molar-refractivity contribution is -0.128. The Morgan fingerprint density at radius 2 is 2.00 bits per heavy atom. The van der Waals surface area contributed by atoms with Crippen LogP contribution >= 0.6 is 0 Å². The molecule has 0 aromatic rings. The van der Waals surface area contributed by atoms with Gasteiger partial charge < -0.3 is 15.3 Å². The first-order valence-electron chi connectivity index (χ1n) is 4.46. The van der Waals surface area contributed by atoms with Crippen LogP contribution in [-0.4, -0.2) is 48.7 Å². The van der Waals surface area contributed by atoms with Crippen LogP contribution in [0, 0.1) is 0 Å². The number of hydrogen-bond acceptors (Lipinski definition) is 3. The van der Waals surface area contributed by atoms with Crippen LogP contribution in [0.15, 0.2) is 0 Å². The molecule has 4 nitrogen and oxygen atoms in total. The molecule has 0 spiro atoms. The van der Waals surface area contributed by atoms with Gasteiger partial charge in [0.15, 0.2) is 0 Å². The van der Waals surface area contributed by atoms with Gasteiger partial charge in [0.25, 0.3) is 0 Å². The first-order valence-corrected chi connectivity index (χ1v) is 4.46. The Hall–Kier alpha value is -0.610. The normalized spacial score (nSPS) is 11.5. The number of carbonyl (C=O) groups is 1. The zero-order valence-electron chi connectivity index (χ0n) is 8.92. The molecule has 0 aliphatic heterocycles. The van der Waals surface area contributed by atoms with Crippen molar-refractivity contribution in [2.75, 3.05) is 27.2 Å². The van der Waals surface area contributed by atoms with E-state index in [1.165, 1.54) is 0 Å². The number of nitrogens with one attached hydrogen (secondary N) is 1. The summed E-state index contributed by atoms with van der Waals surface area (Å²) >= 11 is 0. The van der Waals surface area contributed by atoms with Gasteiger partial charge in [-0.05, 0) is 13.8 Å². The molecule has 0 aliphatic carbocycles. The largest absolute Gasteiger partial charge is 0.389 e. The molecule has 0 saturated heterocycles. The third-order valence-electron chi connectivity index (χ3n) is 1.57. The fraction of sp³-hybridized carbons (Fsp3) is 0.889. The molecular formula is C9H20N2O2. The molecule has 78 valence electrons. The van der Waals surface area contributed by atoms with E-state index in [0.717, 1.165) is 0 Å². The van der Waals surface area contributed by atoms with Gasteiger partial charge in [-0.25, -0.2) is 0 Å². The highest BCUT2D eigenvalue weighted by molar-refractivity contribution is 5.75. The van der Waals surface area contributed by atoms with Crippen LogP contribution in [0.5, 0.6) is 0 Å². The lowest BCUT2D eigenvalue weighted by atomic mass is 10.1. The van der Waals surface area contributed by atoms with E-state index < -0.39 is 5.60 Å². The predicted octanol–water partition coefficient (Wildman–Crippen LogP) is -0.175. The molecule has 0 aromatic heterocycles. The van der Waals surface area contributed by atoms with Crippen molar-refractivity contribution in [2.45, 2.75) is 25.9 Å². The van der Waals surface area contributed by atoms with Gasteiger partial charge >= 0.3 is 0 Å². The smallest absolute Gasteiger partial charge is 0.223 e. The third-order valence-corrected chi connectivity index (χ3v) is 1.57. The van der Waals surface area contributed by atoms with E-state index in [2.05, 4.69) is 5.32 Å². The predicted molar refractivity (Wildman–Crippen MR) is 52.5 cm³/mol. The van der Waals surface area contributed by atoms with Crippen LogP contribution < -0.4 is 5.32 Å². The summed E-state index contributed by atoms with van der Waals surface area (Å²) in [5, 5.41) is 12.3. The Balaban J connectivity index is 3.42. The topological polar surface area (TPSA) is 52.6 Å². The van der Waals surface area contributed by atoms with E-state index in [0.29, 0.717) is 19.5 Å². The Kier molecular flexibility index (Phi) is 4.95. The molecule has 0 radical (unpaired) electrons. The van der Waals surface area contributed by atoms with E-state index in [9.17, 15) is 9.90 Å². The second-order valence-corrected chi connectivity index (χ2v) is 4.03. The highest BCUT2D eigenvalue weighted by Gasteiger charge is 2.11. The maximum Gasteiger partial charge on any atom is 0.223 e. The Morgan fingerprint density at radius 3 is 2.38 bits per heavy atom. The average molecular weight is 188 g/mol. The highest BCUT2D eigenvalue weighted by atomic mass is 16.3. The Morgan fingerprint density at radius 1 is 1.46 bits per heavy atom. The molecule has 0 unspecified atom stereocenters. The van der Waals surface area contributed by atoms with Gasteiger partial charge in [-0.2, -0.15) is 0 Å². The minimum Gasteiger partial charge on any atom is -0.389 e. The summed E-state index contributed by atoms with van der Waals surface area (Å²) in [4.78, 5) is 12.7. The molecule has 0 aliphatic rings. The molecule has 0 saturated carbocycles. The van der Waals surface area contributed by atoms with Crippen molar-refractivity contribution in [1.82, 2.24) is 10.2 Å². The molecule has 0 rings (SSSR count). The summed E-state index contributed by atoms with van der Waals surface area (Å²) in [6.07, 6.45) is 0.475. The number of amides is 1. The summed E-state index contributed by atoms with van der Waals surface area (Å²) in [5.74, 6) is 0.100. The van der Waals surface area contributed by atoms with Crippen LogP contribution in [0.2, 0.25) is 0 Å². The zero-order chi connectivity index (χ0) is 10.5. The lowest BCUT2D eigenvalue weighted by Gasteiger charge is -2.18. The lowest BCUT2D eigenvalue weighted by Crippen LogP contribution is -2.36. The van der Waals surface area contributed by atoms with E-state index in [-0.39, 0.29) is 5.91 Å². The van der Waals surface area contributed by atoms with Gasteiger partial charge in [-0.15, -0.1) is 0 Å². The van der Waals surface area contributed by atoms with Crippen molar-refractivity contribution in [3.8, 4) is 0 Å². The van der Waals surface area contributed by atoms with E-state index >= 15 is 0 Å². The van der Waals surface area contributed by atoms with Gasteiger partial charge in [0, 0.05) is 33.6 Å². The van der Waals surface area contributed by atoms with Gasteiger partial charge in [0.1, 0.15) is 0 Å². The molecule has 0 bridgehead atoms. The van der Waals surface area contributed by atoms with Gasteiger partial charge in [0.2, 0.25) is 5.91 Å². The van der Waals surface area contributed by atoms with E-state index in [1.807, 2.05) is 0 Å². The maximum atomic E-state index is 11.1. The minimum atomic E-state index is -0.707. The van der Waals surface area contributed by atoms with E-state index in [4.69, 9.17) is 0 Å². The second-order valence-electron chi connectivity index (χ2n) is 4.03. The van der Waals surface area contributed by atoms with E-state index in [1.54, 1.807) is 32.8 Å². The molecule has 2 N–H and O–H groups in total. The van der Waals surface area contributed by atoms with Crippen LogP contribution in [0.4, 0.5) is 0 Å². The molecule has 1 amide bonds. The molecule has 0 heterocycles. The van der Waals surface area contributed by atoms with Crippen LogP contribution in [0.1, 0.15) is 20.3 Å². The third kappa shape index (κ3) is 7.74. The summed E-state index contributed by atoms with van der Waals surface area (Å²) in [6, 6.07) is 0. The number of carbonyl (C=O) groups excluding carboxylic acids is 1. The summed E-state index contributed by atoms with van der Waals surface area (Å²) < 4.78 is 0. The number of nitrogens with zero attached hydrogens (tertiary/aromatic N) is 1. The molecule has 4 heteroatoms. The summed E-state index contributed by atoms with van der Waals surface area (Å²) in [6.45, 7) is 4.58. The maximum absolute atomic E-state index is 11.1. The first kappa shape index (κ1) is 12.4. The number of rotatable bonds is 5. The SMILES string of the molecule is CN(C)C(=O)CCNCC(C)(C)O. The van der Waals surface area contributed by atoms with Crippen molar-refractivity contribution < 1.29 is 9.90 Å². The van der Waals surface area contributed by atoms with Crippen molar-refractivity contribution in [3.63, 3.8) is 0 Å². The van der Waals surface area contributed by atoms with Crippen LogP contribution in [0.3, 0.4) is 0 Å².